The fourth-order valence-electron chi connectivity index (χ4n) is 6.06. The number of hydrogen-bond acceptors (Lipinski definition) is 7. The van der Waals surface area contributed by atoms with Gasteiger partial charge in [0, 0.05) is 32.6 Å². The van der Waals surface area contributed by atoms with Crippen molar-refractivity contribution in [2.75, 3.05) is 0 Å². The molecule has 4 heterocycles. The number of hydrogen-bond donors (Lipinski definition) is 0. The largest absolute Gasteiger partial charge is 0.352 e. The van der Waals surface area contributed by atoms with Gasteiger partial charge in [0.1, 0.15) is 0 Å². The number of rotatable bonds is 14. The lowest BCUT2D eigenvalue weighted by Gasteiger charge is -2.21. The number of nitrogens with zero attached hydrogens (tertiary/aromatic N) is 7. The van der Waals surface area contributed by atoms with E-state index < -0.39 is 22.5 Å². The van der Waals surface area contributed by atoms with Crippen LogP contribution in [0.4, 0.5) is 0 Å². The van der Waals surface area contributed by atoms with Crippen LogP contribution in [0.15, 0.2) is 37.4 Å². The van der Waals surface area contributed by atoms with Gasteiger partial charge in [-0.3, -0.25) is 18.7 Å². The Hall–Kier alpha value is -4.15. The Bertz CT molecular complexity index is 1830. The van der Waals surface area contributed by atoms with Gasteiger partial charge in [-0.2, -0.15) is 9.97 Å². The van der Waals surface area contributed by atoms with E-state index >= 15 is 0 Å². The molecule has 1 aromatic carbocycles. The van der Waals surface area contributed by atoms with E-state index in [9.17, 15) is 19.2 Å². The van der Waals surface area contributed by atoms with Crippen molar-refractivity contribution >= 4 is 21.9 Å². The van der Waals surface area contributed by atoms with Crippen molar-refractivity contribution in [2.24, 2.45) is 14.1 Å². The highest BCUT2D eigenvalue weighted by atomic mass is 16.2. The zero-order valence-corrected chi connectivity index (χ0v) is 26.4. The molecule has 0 fully saturated rings. The summed E-state index contributed by atoms with van der Waals surface area (Å²) in [6.07, 6.45) is 13.1. The van der Waals surface area contributed by atoms with Gasteiger partial charge in [0.25, 0.3) is 11.1 Å². The quantitative estimate of drug-likeness (QED) is 0.132. The molecule has 5 rings (SSSR count). The molecule has 0 N–H and O–H groups in total. The van der Waals surface area contributed by atoms with Gasteiger partial charge in [-0.1, -0.05) is 78.1 Å². The monoisotopic (exact) mass is 601 g/mol. The molecular weight excluding hydrogens is 558 g/mol. The standard InChI is InChI=1S/C33H43N7O4/c1-5-7-9-11-13-15-17-39-25-21-26-24(20-22(25)19-23-28(39)35-32(43)37(3)30(23)41)34-27-29(36-33(44)38(4)31(27)42)40(26)18-16-14-12-10-8-6-2/h19-21H,5-18H2,1-4H3. The van der Waals surface area contributed by atoms with Crippen LogP contribution in [0, 0.1) is 0 Å². The molecule has 0 aliphatic carbocycles. The van der Waals surface area contributed by atoms with E-state index in [1.165, 1.54) is 52.6 Å². The molecule has 0 spiro atoms. The third kappa shape index (κ3) is 6.09. The minimum Gasteiger partial charge on any atom is -0.325 e. The maximum absolute atomic E-state index is 13.2. The van der Waals surface area contributed by atoms with Gasteiger partial charge >= 0.3 is 11.4 Å². The molecule has 0 aromatic heterocycles. The van der Waals surface area contributed by atoms with Crippen LogP contribution in [-0.4, -0.2) is 33.2 Å². The maximum atomic E-state index is 13.2. The van der Waals surface area contributed by atoms with Crippen molar-refractivity contribution in [3.8, 4) is 22.9 Å². The van der Waals surface area contributed by atoms with Gasteiger partial charge in [-0.15, -0.1) is 0 Å². The Morgan fingerprint density at radius 2 is 1.09 bits per heavy atom. The van der Waals surface area contributed by atoms with Crippen LogP contribution >= 0.6 is 0 Å². The smallest absolute Gasteiger partial charge is 0.325 e. The van der Waals surface area contributed by atoms with Crippen molar-refractivity contribution in [1.29, 1.82) is 0 Å². The molecule has 0 atom stereocenters. The molecule has 11 nitrogen and oxygen atoms in total. The summed E-state index contributed by atoms with van der Waals surface area (Å²) in [6.45, 7) is 5.54. The molecule has 0 saturated carbocycles. The Kier molecular flexibility index (Phi) is 9.71. The number of pyridine rings is 1. The number of fused-ring (bicyclic) bond motifs is 4. The zero-order valence-electron chi connectivity index (χ0n) is 26.4. The van der Waals surface area contributed by atoms with Crippen molar-refractivity contribution < 1.29 is 0 Å². The van der Waals surface area contributed by atoms with E-state index in [1.54, 1.807) is 6.07 Å². The second-order valence-electron chi connectivity index (χ2n) is 11.9. The van der Waals surface area contributed by atoms with Gasteiger partial charge in [-0.25, -0.2) is 14.6 Å². The van der Waals surface area contributed by atoms with E-state index in [2.05, 4.69) is 23.8 Å². The van der Waals surface area contributed by atoms with Crippen LogP contribution in [0.1, 0.15) is 90.9 Å². The summed E-state index contributed by atoms with van der Waals surface area (Å²) in [5, 5.41) is 0.761. The second kappa shape index (κ2) is 13.7. The fourth-order valence-corrected chi connectivity index (χ4v) is 6.06. The fraction of sp³-hybridized carbons (Fsp3) is 0.545. The van der Waals surface area contributed by atoms with Gasteiger partial charge < -0.3 is 9.13 Å². The first-order valence-electron chi connectivity index (χ1n) is 16.1. The molecule has 11 heteroatoms. The van der Waals surface area contributed by atoms with Crippen LogP contribution in [-0.2, 0) is 27.2 Å². The van der Waals surface area contributed by atoms with Crippen LogP contribution < -0.4 is 22.5 Å². The SMILES string of the molecule is CCCCCCCCn1c2nc(=O)n(C)c(=O)c-2cc2cc3nc4c(=O)n(C)c(=O)nc-4n(CCCCCCCC)c3cc21. The molecule has 234 valence electrons. The topological polar surface area (TPSA) is 127 Å². The first-order chi connectivity index (χ1) is 21.3. The van der Waals surface area contributed by atoms with E-state index in [-0.39, 0.29) is 11.5 Å². The van der Waals surface area contributed by atoms with Gasteiger partial charge in [0.2, 0.25) is 0 Å². The Morgan fingerprint density at radius 1 is 0.568 bits per heavy atom. The molecule has 4 aliphatic heterocycles. The third-order valence-electron chi connectivity index (χ3n) is 8.69. The third-order valence-corrected chi connectivity index (χ3v) is 8.69. The summed E-state index contributed by atoms with van der Waals surface area (Å²) in [6, 6.07) is 5.63. The minimum absolute atomic E-state index is 0.138. The maximum Gasteiger partial charge on any atom is 0.352 e. The highest BCUT2D eigenvalue weighted by Gasteiger charge is 2.23. The lowest BCUT2D eigenvalue weighted by Crippen LogP contribution is -2.36. The highest BCUT2D eigenvalue weighted by Crippen LogP contribution is 2.30. The lowest BCUT2D eigenvalue weighted by atomic mass is 10.1. The van der Waals surface area contributed by atoms with E-state index in [4.69, 9.17) is 4.98 Å². The Labute approximate surface area is 255 Å². The number of unbranched alkanes of at least 4 members (excludes halogenated alkanes) is 10. The van der Waals surface area contributed by atoms with E-state index in [0.29, 0.717) is 30.0 Å². The second-order valence-corrected chi connectivity index (χ2v) is 11.9. The summed E-state index contributed by atoms with van der Waals surface area (Å²) >= 11 is 0. The molecule has 44 heavy (non-hydrogen) atoms. The number of aromatic nitrogens is 7. The normalized spacial score (nSPS) is 11.9. The average Bonchev–Trinajstić information content (AvgIpc) is 3.01. The summed E-state index contributed by atoms with van der Waals surface area (Å²) in [5.41, 5.74) is 0.522. The predicted molar refractivity (Wildman–Crippen MR) is 174 cm³/mol. The highest BCUT2D eigenvalue weighted by molar-refractivity contribution is 5.97. The van der Waals surface area contributed by atoms with Crippen molar-refractivity contribution in [3.05, 3.63) is 59.9 Å². The molecule has 0 amide bonds. The Balaban J connectivity index is 1.73. The molecule has 0 unspecified atom stereocenters. The van der Waals surface area contributed by atoms with Gasteiger partial charge in [0.05, 0.1) is 22.1 Å². The Morgan fingerprint density at radius 3 is 1.70 bits per heavy atom. The van der Waals surface area contributed by atoms with Crippen LogP contribution in [0.2, 0.25) is 0 Å². The van der Waals surface area contributed by atoms with Crippen LogP contribution in [0.5, 0.6) is 0 Å². The van der Waals surface area contributed by atoms with E-state index in [0.717, 1.165) is 64.1 Å². The van der Waals surface area contributed by atoms with Crippen molar-refractivity contribution in [3.63, 3.8) is 0 Å². The summed E-state index contributed by atoms with van der Waals surface area (Å²) in [4.78, 5) is 65.0. The summed E-state index contributed by atoms with van der Waals surface area (Å²) in [7, 11) is 2.84. The van der Waals surface area contributed by atoms with Crippen LogP contribution in [0.3, 0.4) is 0 Å². The first-order valence-corrected chi connectivity index (χ1v) is 16.1. The molecule has 0 bridgehead atoms. The summed E-state index contributed by atoms with van der Waals surface area (Å²) < 4.78 is 5.92. The van der Waals surface area contributed by atoms with E-state index in [1.807, 2.05) is 21.3 Å². The molecule has 0 radical (unpaired) electrons. The minimum atomic E-state index is -0.617. The molecule has 4 aliphatic rings. The average molecular weight is 602 g/mol. The lowest BCUT2D eigenvalue weighted by molar-refractivity contribution is 0.559. The van der Waals surface area contributed by atoms with Crippen molar-refractivity contribution in [2.45, 2.75) is 104 Å². The first kappa shape index (κ1) is 31.3. The van der Waals surface area contributed by atoms with Crippen LogP contribution in [0.25, 0.3) is 44.8 Å². The zero-order chi connectivity index (χ0) is 31.4. The summed E-state index contributed by atoms with van der Waals surface area (Å²) in [5.74, 6) is 0.638. The van der Waals surface area contributed by atoms with Gasteiger partial charge in [0.15, 0.2) is 17.3 Å². The van der Waals surface area contributed by atoms with Gasteiger partial charge in [-0.05, 0) is 31.0 Å². The van der Waals surface area contributed by atoms with Crippen molar-refractivity contribution in [1.82, 2.24) is 33.2 Å². The predicted octanol–water partition coefficient (Wildman–Crippen LogP) is 4.83. The molecular formula is C33H43N7O4. The molecule has 1 aromatic rings. The number of aryl methyl sites for hydroxylation is 2. The number of benzene rings is 1. The molecule has 0 saturated heterocycles.